The van der Waals surface area contributed by atoms with Gasteiger partial charge >= 0.3 is 0 Å². The lowest BCUT2D eigenvalue weighted by Gasteiger charge is -2.16. The minimum atomic E-state index is -4.03. The molecule has 116 valence electrons. The van der Waals surface area contributed by atoms with Crippen LogP contribution in [0.25, 0.3) is 0 Å². The van der Waals surface area contributed by atoms with Gasteiger partial charge in [-0.15, -0.1) is 0 Å². The van der Waals surface area contributed by atoms with Crippen molar-refractivity contribution in [2.75, 3.05) is 17.7 Å². The van der Waals surface area contributed by atoms with E-state index in [1.165, 1.54) is 22.0 Å². The summed E-state index contributed by atoms with van der Waals surface area (Å²) >= 11 is 0. The number of carbonyl (C=O) groups is 1. The molecule has 0 aliphatic heterocycles. The van der Waals surface area contributed by atoms with E-state index in [9.17, 15) is 13.2 Å². The third-order valence-corrected chi connectivity index (χ3v) is 3.74. The summed E-state index contributed by atoms with van der Waals surface area (Å²) in [5.41, 5.74) is 1.14. The van der Waals surface area contributed by atoms with Crippen molar-refractivity contribution >= 4 is 21.7 Å². The van der Waals surface area contributed by atoms with E-state index in [2.05, 4.69) is 5.10 Å². The summed E-state index contributed by atoms with van der Waals surface area (Å²) in [6.07, 6.45) is 2.86. The maximum absolute atomic E-state index is 12.3. The van der Waals surface area contributed by atoms with Gasteiger partial charge in [0, 0.05) is 18.8 Å². The number of hydrogen-bond acceptors (Lipinski definition) is 4. The Balaban J connectivity index is 2.08. The molecular formula is C14H16N3O4S+. The molecule has 2 rings (SSSR count). The number of aromatic nitrogens is 2. The minimum absolute atomic E-state index is 0.0157. The first-order valence-corrected chi connectivity index (χ1v) is 8.12. The molecule has 0 bridgehead atoms. The fraction of sp³-hybridized carbons (Fsp3) is 0.214. The number of para-hydroxylation sites is 1. The molecule has 0 radical (unpaired) electrons. The highest BCUT2D eigenvalue weighted by molar-refractivity contribution is 7.85. The molecule has 22 heavy (non-hydrogen) atoms. The van der Waals surface area contributed by atoms with Gasteiger partial charge in [-0.1, -0.05) is 22.9 Å². The smallest absolute Gasteiger partial charge is 0.271 e. The molecule has 0 aliphatic rings. The molecular weight excluding hydrogens is 306 g/mol. The Kier molecular flexibility index (Phi) is 4.84. The van der Waals surface area contributed by atoms with Crippen LogP contribution in [0, 0.1) is 0 Å². The van der Waals surface area contributed by atoms with E-state index in [4.69, 9.17) is 4.55 Å². The molecule has 1 amide bonds. The van der Waals surface area contributed by atoms with Crippen molar-refractivity contribution in [1.29, 1.82) is 0 Å². The molecule has 1 heterocycles. The number of anilines is 1. The van der Waals surface area contributed by atoms with Crippen molar-refractivity contribution in [3.8, 4) is 0 Å². The van der Waals surface area contributed by atoms with Crippen molar-refractivity contribution in [2.24, 2.45) is 0 Å². The summed E-state index contributed by atoms with van der Waals surface area (Å²) in [5, 5.41) is 3.97. The molecule has 1 aromatic heterocycles. The maximum atomic E-state index is 12.3. The zero-order valence-electron chi connectivity index (χ0n) is 12.0. The van der Waals surface area contributed by atoms with Gasteiger partial charge < -0.3 is 4.90 Å². The lowest BCUT2D eigenvalue weighted by atomic mass is 10.2. The Morgan fingerprint density at radius 3 is 2.50 bits per heavy atom. The first kappa shape index (κ1) is 16.1. The number of carbonyl (C=O) groups excluding carboxylic acids is 1. The van der Waals surface area contributed by atoms with Gasteiger partial charge in [-0.25, -0.2) is 0 Å². The van der Waals surface area contributed by atoms with Gasteiger partial charge in [-0.3, -0.25) is 9.35 Å². The first-order valence-electron chi connectivity index (χ1n) is 6.51. The molecule has 0 saturated carbocycles. The number of benzene rings is 1. The lowest BCUT2D eigenvalue weighted by molar-refractivity contribution is -0.750. The fourth-order valence-corrected chi connectivity index (χ4v) is 2.23. The lowest BCUT2D eigenvalue weighted by Crippen LogP contribution is -2.41. The van der Waals surface area contributed by atoms with E-state index in [0.717, 1.165) is 5.69 Å². The van der Waals surface area contributed by atoms with Crippen LogP contribution in [-0.4, -0.2) is 36.8 Å². The van der Waals surface area contributed by atoms with Crippen LogP contribution in [-0.2, 0) is 16.7 Å². The average Bonchev–Trinajstić information content (AvgIpc) is 2.52. The van der Waals surface area contributed by atoms with Gasteiger partial charge in [0.2, 0.25) is 0 Å². The minimum Gasteiger partial charge on any atom is -0.311 e. The average molecular weight is 322 g/mol. The Labute approximate surface area is 128 Å². The van der Waals surface area contributed by atoms with Crippen LogP contribution in [0.2, 0.25) is 0 Å². The zero-order chi connectivity index (χ0) is 16.2. The van der Waals surface area contributed by atoms with Gasteiger partial charge in [0.05, 0.1) is 5.56 Å². The van der Waals surface area contributed by atoms with Gasteiger partial charge in [0.25, 0.3) is 16.0 Å². The second kappa shape index (κ2) is 6.63. The summed E-state index contributed by atoms with van der Waals surface area (Å²) in [7, 11) is -2.37. The summed E-state index contributed by atoms with van der Waals surface area (Å²) in [5.74, 6) is -0.650. The van der Waals surface area contributed by atoms with Crippen LogP contribution in [0.1, 0.15) is 10.4 Å². The van der Waals surface area contributed by atoms with Gasteiger partial charge in [-0.05, 0) is 17.2 Å². The summed E-state index contributed by atoms with van der Waals surface area (Å²) < 4.78 is 31.4. The standard InChI is InChI=1S/C14H15N3O4S/c1-16(13-5-3-2-4-6-13)14(18)12-7-8-17(15-11-12)9-10-22(19,20)21/h2-8,11H,9-10H2,1H3/p+1. The van der Waals surface area contributed by atoms with E-state index in [1.54, 1.807) is 13.1 Å². The van der Waals surface area contributed by atoms with Crippen LogP contribution in [0.5, 0.6) is 0 Å². The molecule has 0 fully saturated rings. The summed E-state index contributed by atoms with van der Waals surface area (Å²) in [6, 6.07) is 10.7. The molecule has 1 aromatic carbocycles. The summed E-state index contributed by atoms with van der Waals surface area (Å²) in [4.78, 5) is 13.8. The fourth-order valence-electron chi connectivity index (χ4n) is 1.81. The van der Waals surface area contributed by atoms with Crippen LogP contribution in [0.3, 0.4) is 0 Å². The number of rotatable bonds is 5. The highest BCUT2D eigenvalue weighted by atomic mass is 32.2. The van der Waals surface area contributed by atoms with Gasteiger partial charge in [0.1, 0.15) is 11.9 Å². The molecule has 1 N–H and O–H groups in total. The van der Waals surface area contributed by atoms with Gasteiger partial charge in [-0.2, -0.15) is 8.42 Å². The van der Waals surface area contributed by atoms with Crippen LogP contribution < -0.4 is 9.58 Å². The van der Waals surface area contributed by atoms with Crippen molar-refractivity contribution in [3.63, 3.8) is 0 Å². The number of aryl methyl sites for hydroxylation is 1. The van der Waals surface area contributed by atoms with Crippen molar-refractivity contribution in [3.05, 3.63) is 54.4 Å². The van der Waals surface area contributed by atoms with E-state index < -0.39 is 15.9 Å². The third-order valence-electron chi connectivity index (χ3n) is 3.04. The maximum Gasteiger partial charge on any atom is 0.271 e. The van der Waals surface area contributed by atoms with Crippen molar-refractivity contribution in [2.45, 2.75) is 6.54 Å². The second-order valence-electron chi connectivity index (χ2n) is 4.66. The topological polar surface area (TPSA) is 91.5 Å². The number of nitrogens with zero attached hydrogens (tertiary/aromatic N) is 3. The predicted octanol–water partition coefficient (Wildman–Crippen LogP) is 0.534. The van der Waals surface area contributed by atoms with Crippen LogP contribution in [0.4, 0.5) is 5.69 Å². The molecule has 0 unspecified atom stereocenters. The van der Waals surface area contributed by atoms with E-state index in [1.807, 2.05) is 30.3 Å². The highest BCUT2D eigenvalue weighted by Crippen LogP contribution is 2.13. The summed E-state index contributed by atoms with van der Waals surface area (Å²) in [6.45, 7) is 0.0157. The molecule has 2 aromatic rings. The molecule has 0 spiro atoms. The van der Waals surface area contributed by atoms with E-state index in [0.29, 0.717) is 5.56 Å². The van der Waals surface area contributed by atoms with Crippen molar-refractivity contribution < 1.29 is 22.4 Å². The SMILES string of the molecule is CN(C(=O)c1cc[n+](CCS(=O)(=O)O)nc1)c1ccccc1. The van der Waals surface area contributed by atoms with Gasteiger partial charge in [0.15, 0.2) is 12.7 Å². The highest BCUT2D eigenvalue weighted by Gasteiger charge is 2.16. The number of amides is 1. The van der Waals surface area contributed by atoms with E-state index >= 15 is 0 Å². The quantitative estimate of drug-likeness (QED) is 0.640. The normalized spacial score (nSPS) is 11.2. The molecule has 8 heteroatoms. The molecule has 0 atom stereocenters. The molecule has 0 saturated heterocycles. The Hall–Kier alpha value is -2.32. The molecule has 7 nitrogen and oxygen atoms in total. The number of hydrogen-bond donors (Lipinski definition) is 1. The zero-order valence-corrected chi connectivity index (χ0v) is 12.8. The van der Waals surface area contributed by atoms with Crippen molar-refractivity contribution in [1.82, 2.24) is 5.10 Å². The van der Waals surface area contributed by atoms with Crippen LogP contribution >= 0.6 is 0 Å². The van der Waals surface area contributed by atoms with E-state index in [-0.39, 0.29) is 12.5 Å². The Morgan fingerprint density at radius 2 is 1.95 bits per heavy atom. The Morgan fingerprint density at radius 1 is 1.27 bits per heavy atom. The second-order valence-corrected chi connectivity index (χ2v) is 6.24. The first-order chi connectivity index (χ1) is 10.4. The largest absolute Gasteiger partial charge is 0.311 e. The van der Waals surface area contributed by atoms with Crippen LogP contribution in [0.15, 0.2) is 48.8 Å². The monoisotopic (exact) mass is 322 g/mol. The third kappa shape index (κ3) is 4.34. The molecule has 0 aliphatic carbocycles. The predicted molar refractivity (Wildman–Crippen MR) is 80.0 cm³/mol. The Bertz CT molecular complexity index is 745.